The molecule has 0 aromatic heterocycles. The fraction of sp³-hybridized carbons (Fsp3) is 0.462. The van der Waals surface area contributed by atoms with Gasteiger partial charge in [-0.2, -0.15) is 0 Å². The minimum atomic E-state index is -0.239. The Morgan fingerprint density at radius 2 is 2.12 bits per heavy atom. The molecule has 0 heterocycles. The normalized spacial score (nSPS) is 12.8. The van der Waals surface area contributed by atoms with E-state index in [-0.39, 0.29) is 5.91 Å². The molecule has 1 aromatic carbocycles. The van der Waals surface area contributed by atoms with E-state index < -0.39 is 0 Å². The Bertz CT molecular complexity index is 361. The zero-order valence-electron chi connectivity index (χ0n) is 10.3. The molecule has 1 atom stereocenters. The van der Waals surface area contributed by atoms with Crippen LogP contribution in [-0.4, -0.2) is 18.5 Å². The molecule has 1 unspecified atom stereocenters. The summed E-state index contributed by atoms with van der Waals surface area (Å²) >= 11 is 0. The minimum absolute atomic E-state index is 0.239. The van der Waals surface area contributed by atoms with Crippen LogP contribution in [0, 0.1) is 6.92 Å². The van der Waals surface area contributed by atoms with Gasteiger partial charge >= 0.3 is 0 Å². The van der Waals surface area contributed by atoms with E-state index in [9.17, 15) is 4.79 Å². The summed E-state index contributed by atoms with van der Waals surface area (Å²) in [6, 6.07) is 8.77. The van der Waals surface area contributed by atoms with Crippen LogP contribution in [0.2, 0.25) is 0 Å². The Morgan fingerprint density at radius 1 is 1.44 bits per heavy atom. The van der Waals surface area contributed by atoms with Gasteiger partial charge in [-0.25, -0.2) is 0 Å². The highest BCUT2D eigenvalue weighted by atomic mass is 16.1. The molecule has 1 amide bonds. The Balaban J connectivity index is 2.71. The van der Waals surface area contributed by atoms with Gasteiger partial charge in [-0.1, -0.05) is 29.8 Å². The van der Waals surface area contributed by atoms with Gasteiger partial charge in [0.25, 0.3) is 5.91 Å². The van der Waals surface area contributed by atoms with E-state index in [1.165, 1.54) is 16.0 Å². The van der Waals surface area contributed by atoms with Crippen molar-refractivity contribution in [3.63, 3.8) is 0 Å². The summed E-state index contributed by atoms with van der Waals surface area (Å²) < 4.78 is 0. The number of carbonyl (C=O) groups is 1. The first-order chi connectivity index (χ1) is 7.49. The van der Waals surface area contributed by atoms with E-state index in [1.807, 2.05) is 6.07 Å². The van der Waals surface area contributed by atoms with Gasteiger partial charge in [-0.05, 0) is 20.8 Å². The lowest BCUT2D eigenvalue weighted by atomic mass is 10.1. The van der Waals surface area contributed by atoms with Crippen molar-refractivity contribution in [2.45, 2.75) is 33.4 Å². The van der Waals surface area contributed by atoms with Crippen LogP contribution in [0.1, 0.15) is 25.0 Å². The molecule has 0 fully saturated rings. The number of nitrogens with two attached hydrogens (primary N) is 1. The summed E-state index contributed by atoms with van der Waals surface area (Å²) in [6.07, 6.45) is 0. The van der Waals surface area contributed by atoms with Crippen LogP contribution in [0.4, 0.5) is 0 Å². The first-order valence-corrected chi connectivity index (χ1v) is 5.67. The maximum Gasteiger partial charge on any atom is 0.272 e. The van der Waals surface area contributed by atoms with Crippen molar-refractivity contribution in [3.8, 4) is 0 Å². The van der Waals surface area contributed by atoms with E-state index in [0.717, 1.165) is 6.54 Å². The van der Waals surface area contributed by atoms with Crippen molar-refractivity contribution in [1.29, 1.82) is 0 Å². The van der Waals surface area contributed by atoms with Crippen LogP contribution >= 0.6 is 0 Å². The highest BCUT2D eigenvalue weighted by Gasteiger charge is 2.16. The van der Waals surface area contributed by atoms with E-state index in [0.29, 0.717) is 12.6 Å². The topological polar surface area (TPSA) is 47.5 Å². The number of nitrogens with one attached hydrogen (secondary N) is 1. The number of rotatable bonds is 5. The van der Waals surface area contributed by atoms with Gasteiger partial charge in [0.15, 0.2) is 6.54 Å². The Labute approximate surface area is 97.2 Å². The van der Waals surface area contributed by atoms with Gasteiger partial charge in [-0.3, -0.25) is 4.79 Å². The highest BCUT2D eigenvalue weighted by molar-refractivity contribution is 5.74. The van der Waals surface area contributed by atoms with Gasteiger partial charge in [0.1, 0.15) is 6.54 Å². The molecule has 0 spiro atoms. The van der Waals surface area contributed by atoms with Gasteiger partial charge < -0.3 is 10.6 Å². The number of amides is 1. The van der Waals surface area contributed by atoms with Crippen LogP contribution in [0.15, 0.2) is 24.3 Å². The molecule has 0 saturated heterocycles. The zero-order chi connectivity index (χ0) is 12.1. The Kier molecular flexibility index (Phi) is 4.50. The van der Waals surface area contributed by atoms with Crippen LogP contribution in [0.25, 0.3) is 0 Å². The van der Waals surface area contributed by atoms with Crippen molar-refractivity contribution in [3.05, 3.63) is 35.4 Å². The molecule has 16 heavy (non-hydrogen) atoms. The highest BCUT2D eigenvalue weighted by Crippen LogP contribution is 2.02. The van der Waals surface area contributed by atoms with E-state index in [1.54, 1.807) is 0 Å². The van der Waals surface area contributed by atoms with Crippen molar-refractivity contribution in [2.75, 3.05) is 6.54 Å². The van der Waals surface area contributed by atoms with Crippen LogP contribution in [0.5, 0.6) is 0 Å². The van der Waals surface area contributed by atoms with Crippen LogP contribution in [0.3, 0.4) is 0 Å². The standard InChI is InChI=1S/C13H20N2O/c1-10(2)15(9-13(14)16)8-12-6-4-5-11(3)7-12/h4-7,10H,8-9H2,1-3H3,(H2,14,16)/p+1. The molecule has 0 saturated carbocycles. The van der Waals surface area contributed by atoms with Gasteiger partial charge in [-0.15, -0.1) is 0 Å². The second-order valence-electron chi connectivity index (χ2n) is 4.62. The third-order valence-electron chi connectivity index (χ3n) is 2.73. The van der Waals surface area contributed by atoms with Crippen molar-refractivity contribution < 1.29 is 9.69 Å². The molecule has 1 rings (SSSR count). The molecule has 0 bridgehead atoms. The Hall–Kier alpha value is -1.35. The molecule has 0 aliphatic carbocycles. The van der Waals surface area contributed by atoms with Crippen molar-refractivity contribution in [1.82, 2.24) is 0 Å². The number of primary amides is 1. The molecule has 3 heteroatoms. The fourth-order valence-corrected chi connectivity index (χ4v) is 1.78. The molecule has 0 radical (unpaired) electrons. The lowest BCUT2D eigenvalue weighted by Crippen LogP contribution is -3.14. The van der Waals surface area contributed by atoms with Crippen LogP contribution < -0.4 is 10.6 Å². The van der Waals surface area contributed by atoms with Crippen LogP contribution in [-0.2, 0) is 11.3 Å². The smallest absolute Gasteiger partial charge is 0.272 e. The van der Waals surface area contributed by atoms with Crippen molar-refractivity contribution in [2.24, 2.45) is 5.73 Å². The number of carbonyl (C=O) groups excluding carboxylic acids is 1. The summed E-state index contributed by atoms with van der Waals surface area (Å²) in [5.41, 5.74) is 7.76. The number of aryl methyl sites for hydroxylation is 1. The summed E-state index contributed by atoms with van der Waals surface area (Å²) in [6.45, 7) is 7.53. The average Bonchev–Trinajstić information content (AvgIpc) is 2.15. The summed E-state index contributed by atoms with van der Waals surface area (Å²) in [7, 11) is 0. The zero-order valence-corrected chi connectivity index (χ0v) is 10.3. The maximum absolute atomic E-state index is 11.0. The van der Waals surface area contributed by atoms with Gasteiger partial charge in [0.05, 0.1) is 6.04 Å². The number of quaternary nitrogens is 1. The predicted octanol–water partition coefficient (Wildman–Crippen LogP) is 0.274. The maximum atomic E-state index is 11.0. The summed E-state index contributed by atoms with van der Waals surface area (Å²) in [5, 5.41) is 0. The molecule has 3 N–H and O–H groups in total. The monoisotopic (exact) mass is 221 g/mol. The molecule has 0 aliphatic heterocycles. The average molecular weight is 221 g/mol. The van der Waals surface area contributed by atoms with Gasteiger partial charge in [0.2, 0.25) is 0 Å². The molecule has 0 aliphatic rings. The van der Waals surface area contributed by atoms with Gasteiger partial charge in [0, 0.05) is 5.56 Å². The molecule has 3 nitrogen and oxygen atoms in total. The Morgan fingerprint density at radius 3 is 2.62 bits per heavy atom. The first-order valence-electron chi connectivity index (χ1n) is 5.67. The molecule has 1 aromatic rings. The SMILES string of the molecule is Cc1cccc(C[NH+](CC(N)=O)C(C)C)c1. The molecule has 88 valence electrons. The van der Waals surface area contributed by atoms with E-state index >= 15 is 0 Å². The first kappa shape index (κ1) is 12.7. The molecular weight excluding hydrogens is 200 g/mol. The minimum Gasteiger partial charge on any atom is -0.365 e. The summed E-state index contributed by atoms with van der Waals surface area (Å²) in [5.74, 6) is -0.239. The second kappa shape index (κ2) is 5.66. The predicted molar refractivity (Wildman–Crippen MR) is 65.0 cm³/mol. The third-order valence-corrected chi connectivity index (χ3v) is 2.73. The van der Waals surface area contributed by atoms with E-state index in [2.05, 4.69) is 39.0 Å². The largest absolute Gasteiger partial charge is 0.365 e. The number of benzene rings is 1. The summed E-state index contributed by atoms with van der Waals surface area (Å²) in [4.78, 5) is 12.2. The molecular formula is C13H21N2O+. The third kappa shape index (κ3) is 4.03. The fourth-order valence-electron chi connectivity index (χ4n) is 1.78. The quantitative estimate of drug-likeness (QED) is 0.737. The lowest BCUT2D eigenvalue weighted by molar-refractivity contribution is -0.927. The second-order valence-corrected chi connectivity index (χ2v) is 4.62. The number of hydrogen-bond donors (Lipinski definition) is 2. The number of hydrogen-bond acceptors (Lipinski definition) is 1. The van der Waals surface area contributed by atoms with E-state index in [4.69, 9.17) is 5.73 Å². The lowest BCUT2D eigenvalue weighted by Gasteiger charge is -2.22. The van der Waals surface area contributed by atoms with Crippen molar-refractivity contribution >= 4 is 5.91 Å².